The van der Waals surface area contributed by atoms with E-state index in [9.17, 15) is 13.2 Å². The zero-order valence-corrected chi connectivity index (χ0v) is 11.4. The maximum absolute atomic E-state index is 12.2. The first-order valence-corrected chi connectivity index (χ1v) is 7.72. The first-order chi connectivity index (χ1) is 8.25. The average Bonchev–Trinajstić information content (AvgIpc) is 2.92. The number of nitrogens with two attached hydrogens (primary N) is 1. The molecule has 2 fully saturated rings. The molecule has 0 saturated heterocycles. The van der Waals surface area contributed by atoms with Gasteiger partial charge in [-0.3, -0.25) is 9.52 Å². The molecule has 1 amide bonds. The van der Waals surface area contributed by atoms with Crippen molar-refractivity contribution >= 4 is 15.9 Å². The molecule has 3 N–H and O–H groups in total. The highest BCUT2D eigenvalue weighted by molar-refractivity contribution is 7.91. The summed E-state index contributed by atoms with van der Waals surface area (Å²) in [6.45, 7) is 5.31. The molecule has 0 aromatic rings. The van der Waals surface area contributed by atoms with Crippen LogP contribution in [0, 0.1) is 5.92 Å². The van der Waals surface area contributed by atoms with Gasteiger partial charge in [-0.05, 0) is 32.6 Å². The van der Waals surface area contributed by atoms with Crippen molar-refractivity contribution in [3.63, 3.8) is 0 Å². The van der Waals surface area contributed by atoms with Gasteiger partial charge in [0.1, 0.15) is 5.54 Å². The first-order valence-electron chi connectivity index (χ1n) is 6.23. The Morgan fingerprint density at radius 3 is 2.56 bits per heavy atom. The van der Waals surface area contributed by atoms with Gasteiger partial charge in [0.15, 0.2) is 0 Å². The van der Waals surface area contributed by atoms with Gasteiger partial charge in [-0.1, -0.05) is 12.5 Å². The van der Waals surface area contributed by atoms with Crippen LogP contribution < -0.4 is 10.5 Å². The van der Waals surface area contributed by atoms with Gasteiger partial charge in [0.25, 0.3) is 5.91 Å². The molecule has 2 atom stereocenters. The molecule has 0 aromatic heterocycles. The second-order valence-corrected chi connectivity index (χ2v) is 7.86. The summed E-state index contributed by atoms with van der Waals surface area (Å²) in [7, 11) is -3.61. The third kappa shape index (κ3) is 1.97. The van der Waals surface area contributed by atoms with Crippen molar-refractivity contribution in [1.82, 2.24) is 4.72 Å². The van der Waals surface area contributed by atoms with Crippen LogP contribution in [0.25, 0.3) is 0 Å². The smallest absolute Gasteiger partial charge is 0.254 e. The molecule has 0 aromatic carbocycles. The maximum Gasteiger partial charge on any atom is 0.254 e. The lowest BCUT2D eigenvalue weighted by atomic mass is 9.87. The molecule has 0 unspecified atom stereocenters. The van der Waals surface area contributed by atoms with E-state index in [0.29, 0.717) is 19.3 Å². The largest absolute Gasteiger partial charge is 0.317 e. The van der Waals surface area contributed by atoms with Crippen LogP contribution in [-0.2, 0) is 14.8 Å². The molecule has 2 aliphatic rings. The standard InChI is InChI=1S/C12H20N2O3S/c1-3-9-5-4-6-12(9,13)10(15)14-18(16,17)11(2)7-8-11/h3,9H,1,4-8,13H2,2H3,(H,14,15)/t9-,12-/m1/s1. The number of hydrogen-bond acceptors (Lipinski definition) is 4. The van der Waals surface area contributed by atoms with Gasteiger partial charge in [-0.25, -0.2) is 8.42 Å². The Morgan fingerprint density at radius 1 is 1.44 bits per heavy atom. The highest BCUT2D eigenvalue weighted by Crippen LogP contribution is 2.43. The van der Waals surface area contributed by atoms with Crippen LogP contribution in [0.1, 0.15) is 39.0 Å². The molecule has 6 heteroatoms. The number of sulfonamides is 1. The summed E-state index contributed by atoms with van der Waals surface area (Å²) in [5, 5.41) is 0. The van der Waals surface area contributed by atoms with E-state index in [0.717, 1.165) is 12.8 Å². The Morgan fingerprint density at radius 2 is 2.06 bits per heavy atom. The number of carbonyl (C=O) groups is 1. The second kappa shape index (κ2) is 4.06. The molecule has 2 aliphatic carbocycles. The summed E-state index contributed by atoms with van der Waals surface area (Å²) < 4.78 is 25.4. The van der Waals surface area contributed by atoms with Crippen LogP contribution in [0.15, 0.2) is 12.7 Å². The molecule has 2 saturated carbocycles. The third-order valence-corrected chi connectivity index (χ3v) is 6.46. The van der Waals surface area contributed by atoms with Gasteiger partial charge in [0.05, 0.1) is 4.75 Å². The topological polar surface area (TPSA) is 89.3 Å². The number of carbonyl (C=O) groups excluding carboxylic acids is 1. The van der Waals surface area contributed by atoms with Crippen molar-refractivity contribution in [2.45, 2.75) is 49.3 Å². The van der Waals surface area contributed by atoms with E-state index in [1.807, 2.05) is 0 Å². The van der Waals surface area contributed by atoms with Crippen molar-refractivity contribution in [1.29, 1.82) is 0 Å². The van der Waals surface area contributed by atoms with Gasteiger partial charge >= 0.3 is 0 Å². The molecular formula is C12H20N2O3S. The summed E-state index contributed by atoms with van der Waals surface area (Å²) in [5.41, 5.74) is 4.96. The van der Waals surface area contributed by atoms with Gasteiger partial charge in [0, 0.05) is 5.92 Å². The summed E-state index contributed by atoms with van der Waals surface area (Å²) in [6.07, 6.45) is 4.94. The minimum Gasteiger partial charge on any atom is -0.317 e. The Labute approximate surface area is 108 Å². The molecule has 0 radical (unpaired) electrons. The zero-order chi connectivity index (χ0) is 13.6. The van der Waals surface area contributed by atoms with E-state index in [2.05, 4.69) is 11.3 Å². The molecule has 102 valence electrons. The Hall–Kier alpha value is -0.880. The van der Waals surface area contributed by atoms with Crippen molar-refractivity contribution in [3.8, 4) is 0 Å². The van der Waals surface area contributed by atoms with Gasteiger partial charge < -0.3 is 5.73 Å². The lowest BCUT2D eigenvalue weighted by Gasteiger charge is -2.28. The predicted molar refractivity (Wildman–Crippen MR) is 69.2 cm³/mol. The van der Waals surface area contributed by atoms with E-state index in [1.165, 1.54) is 0 Å². The number of nitrogens with one attached hydrogen (secondary N) is 1. The summed E-state index contributed by atoms with van der Waals surface area (Å²) >= 11 is 0. The Kier molecular flexibility index (Phi) is 3.06. The fourth-order valence-corrected chi connectivity index (χ4v) is 3.77. The fourth-order valence-electron chi connectivity index (χ4n) is 2.45. The van der Waals surface area contributed by atoms with E-state index >= 15 is 0 Å². The minimum atomic E-state index is -3.61. The third-order valence-electron chi connectivity index (χ3n) is 4.30. The molecule has 0 heterocycles. The maximum atomic E-state index is 12.2. The normalized spacial score (nSPS) is 34.0. The fraction of sp³-hybridized carbons (Fsp3) is 0.750. The van der Waals surface area contributed by atoms with E-state index in [1.54, 1.807) is 13.0 Å². The van der Waals surface area contributed by atoms with E-state index < -0.39 is 26.2 Å². The van der Waals surface area contributed by atoms with Gasteiger partial charge in [-0.2, -0.15) is 0 Å². The number of hydrogen-bond donors (Lipinski definition) is 2. The molecule has 0 aliphatic heterocycles. The van der Waals surface area contributed by atoms with Crippen molar-refractivity contribution in [3.05, 3.63) is 12.7 Å². The van der Waals surface area contributed by atoms with Crippen molar-refractivity contribution < 1.29 is 13.2 Å². The van der Waals surface area contributed by atoms with E-state index in [4.69, 9.17) is 5.73 Å². The lowest BCUT2D eigenvalue weighted by molar-refractivity contribution is -0.125. The Balaban J connectivity index is 2.15. The molecule has 2 rings (SSSR count). The van der Waals surface area contributed by atoms with Crippen LogP contribution in [0.3, 0.4) is 0 Å². The molecular weight excluding hydrogens is 252 g/mol. The van der Waals surface area contributed by atoms with Crippen LogP contribution in [-0.4, -0.2) is 24.6 Å². The summed E-state index contributed by atoms with van der Waals surface area (Å²) in [5.74, 6) is -0.738. The molecule has 0 bridgehead atoms. The monoisotopic (exact) mass is 272 g/mol. The van der Waals surface area contributed by atoms with Crippen LogP contribution in [0.4, 0.5) is 0 Å². The number of amides is 1. The van der Waals surface area contributed by atoms with Crippen molar-refractivity contribution in [2.75, 3.05) is 0 Å². The average molecular weight is 272 g/mol. The summed E-state index contributed by atoms with van der Waals surface area (Å²) in [4.78, 5) is 12.2. The highest BCUT2D eigenvalue weighted by atomic mass is 32.2. The van der Waals surface area contributed by atoms with Crippen LogP contribution in [0.5, 0.6) is 0 Å². The quantitative estimate of drug-likeness (QED) is 0.736. The lowest BCUT2D eigenvalue weighted by Crippen LogP contribution is -2.58. The van der Waals surface area contributed by atoms with Crippen LogP contribution >= 0.6 is 0 Å². The van der Waals surface area contributed by atoms with Crippen LogP contribution in [0.2, 0.25) is 0 Å². The SMILES string of the molecule is C=C[C@@H]1CCC[C@]1(N)C(=O)NS(=O)(=O)C1(C)CC1. The second-order valence-electron chi connectivity index (χ2n) is 5.66. The number of rotatable bonds is 4. The summed E-state index contributed by atoms with van der Waals surface area (Å²) in [6, 6.07) is 0. The molecule has 18 heavy (non-hydrogen) atoms. The molecule has 0 spiro atoms. The first kappa shape index (κ1) is 13.5. The highest BCUT2D eigenvalue weighted by Gasteiger charge is 2.53. The minimum absolute atomic E-state index is 0.153. The van der Waals surface area contributed by atoms with Gasteiger partial charge in [0.2, 0.25) is 10.0 Å². The predicted octanol–water partition coefficient (Wildman–Crippen LogP) is 0.669. The molecule has 5 nitrogen and oxygen atoms in total. The Bertz CT molecular complexity index is 482. The zero-order valence-electron chi connectivity index (χ0n) is 10.6. The van der Waals surface area contributed by atoms with Crippen molar-refractivity contribution in [2.24, 2.45) is 11.7 Å². The van der Waals surface area contributed by atoms with Gasteiger partial charge in [-0.15, -0.1) is 6.58 Å². The van der Waals surface area contributed by atoms with E-state index in [-0.39, 0.29) is 5.92 Å².